The Balaban J connectivity index is 2.14. The summed E-state index contributed by atoms with van der Waals surface area (Å²) in [4.78, 5) is 5.51. The van der Waals surface area contributed by atoms with E-state index in [9.17, 15) is 0 Å². The number of hydrogen-bond acceptors (Lipinski definition) is 2. The SMILES string of the molecule is CCCCCC(CC)CCCCN1CCN(CC(CCCC)CCCC)CC1. The summed E-state index contributed by atoms with van der Waals surface area (Å²) in [6.07, 6.45) is 19.9. The van der Waals surface area contributed by atoms with Crippen LogP contribution in [0.15, 0.2) is 0 Å². The molecular formula is C26H54N2. The topological polar surface area (TPSA) is 6.48 Å². The van der Waals surface area contributed by atoms with E-state index in [0.717, 1.165) is 11.8 Å². The van der Waals surface area contributed by atoms with Gasteiger partial charge in [0.2, 0.25) is 0 Å². The Morgan fingerprint density at radius 2 is 1.04 bits per heavy atom. The van der Waals surface area contributed by atoms with Gasteiger partial charge in [0.25, 0.3) is 0 Å². The molecule has 1 unspecified atom stereocenters. The van der Waals surface area contributed by atoms with Gasteiger partial charge in [-0.2, -0.15) is 0 Å². The van der Waals surface area contributed by atoms with Crippen molar-refractivity contribution in [3.8, 4) is 0 Å². The molecule has 1 fully saturated rings. The molecule has 1 aliphatic heterocycles. The quantitative estimate of drug-likeness (QED) is 0.224. The third-order valence-corrected chi connectivity index (χ3v) is 7.04. The molecule has 1 aliphatic rings. The van der Waals surface area contributed by atoms with E-state index in [1.807, 2.05) is 0 Å². The van der Waals surface area contributed by atoms with Crippen LogP contribution in [0.4, 0.5) is 0 Å². The summed E-state index contributed by atoms with van der Waals surface area (Å²) in [5, 5.41) is 0. The normalized spacial score (nSPS) is 17.5. The van der Waals surface area contributed by atoms with Crippen molar-refractivity contribution >= 4 is 0 Å². The Morgan fingerprint density at radius 1 is 0.536 bits per heavy atom. The van der Waals surface area contributed by atoms with Crippen LogP contribution in [0.5, 0.6) is 0 Å². The van der Waals surface area contributed by atoms with Gasteiger partial charge in [-0.15, -0.1) is 0 Å². The lowest BCUT2D eigenvalue weighted by Crippen LogP contribution is -2.47. The van der Waals surface area contributed by atoms with Gasteiger partial charge in [0.05, 0.1) is 0 Å². The predicted molar refractivity (Wildman–Crippen MR) is 127 cm³/mol. The van der Waals surface area contributed by atoms with E-state index in [1.165, 1.54) is 129 Å². The standard InChI is InChI=1S/C26H54N2/c1-5-9-12-17-25(8-4)18-13-14-19-27-20-22-28(23-21-27)24-26(15-10-6-2)16-11-7-3/h25-26H,5-24H2,1-4H3. The lowest BCUT2D eigenvalue weighted by molar-refractivity contribution is 0.111. The van der Waals surface area contributed by atoms with Crippen molar-refractivity contribution < 1.29 is 0 Å². The highest BCUT2D eigenvalue weighted by atomic mass is 15.3. The summed E-state index contributed by atoms with van der Waals surface area (Å²) < 4.78 is 0. The van der Waals surface area contributed by atoms with Crippen LogP contribution in [0.25, 0.3) is 0 Å². The van der Waals surface area contributed by atoms with Crippen LogP contribution in [0.1, 0.15) is 118 Å². The van der Waals surface area contributed by atoms with Gasteiger partial charge in [-0.25, -0.2) is 0 Å². The second-order valence-corrected chi connectivity index (χ2v) is 9.56. The maximum atomic E-state index is 2.77. The summed E-state index contributed by atoms with van der Waals surface area (Å²) in [6, 6.07) is 0. The number of rotatable bonds is 18. The van der Waals surface area contributed by atoms with Gasteiger partial charge >= 0.3 is 0 Å². The maximum Gasteiger partial charge on any atom is 0.0110 e. The molecule has 0 radical (unpaired) electrons. The molecule has 1 rings (SSSR count). The van der Waals surface area contributed by atoms with Crippen LogP contribution in [0.2, 0.25) is 0 Å². The van der Waals surface area contributed by atoms with Crippen molar-refractivity contribution in [1.29, 1.82) is 0 Å². The zero-order chi connectivity index (χ0) is 20.5. The Hall–Kier alpha value is -0.0800. The Labute approximate surface area is 178 Å². The van der Waals surface area contributed by atoms with Crippen LogP contribution in [0.3, 0.4) is 0 Å². The summed E-state index contributed by atoms with van der Waals surface area (Å²) in [5.41, 5.74) is 0. The Morgan fingerprint density at radius 3 is 1.57 bits per heavy atom. The van der Waals surface area contributed by atoms with E-state index in [4.69, 9.17) is 0 Å². The number of unbranched alkanes of at least 4 members (excludes halogenated alkanes) is 5. The van der Waals surface area contributed by atoms with E-state index in [2.05, 4.69) is 37.5 Å². The average Bonchev–Trinajstić information content (AvgIpc) is 2.72. The molecule has 168 valence electrons. The molecule has 0 aromatic heterocycles. The zero-order valence-corrected chi connectivity index (χ0v) is 20.2. The van der Waals surface area contributed by atoms with Crippen LogP contribution >= 0.6 is 0 Å². The van der Waals surface area contributed by atoms with E-state index in [1.54, 1.807) is 0 Å². The zero-order valence-electron chi connectivity index (χ0n) is 20.2. The van der Waals surface area contributed by atoms with Crippen LogP contribution in [-0.2, 0) is 0 Å². The molecule has 2 nitrogen and oxygen atoms in total. The fraction of sp³-hybridized carbons (Fsp3) is 1.00. The van der Waals surface area contributed by atoms with E-state index in [0.29, 0.717) is 0 Å². The van der Waals surface area contributed by atoms with Crippen molar-refractivity contribution in [1.82, 2.24) is 9.80 Å². The Kier molecular flexibility index (Phi) is 16.5. The second kappa shape index (κ2) is 17.8. The van der Waals surface area contributed by atoms with E-state index in [-0.39, 0.29) is 0 Å². The number of piperazine rings is 1. The molecule has 1 saturated heterocycles. The van der Waals surface area contributed by atoms with Gasteiger partial charge in [-0.3, -0.25) is 0 Å². The highest BCUT2D eigenvalue weighted by molar-refractivity contribution is 4.75. The largest absolute Gasteiger partial charge is 0.301 e. The first-order valence-electron chi connectivity index (χ1n) is 13.2. The monoisotopic (exact) mass is 394 g/mol. The minimum atomic E-state index is 0.949. The lowest BCUT2D eigenvalue weighted by Gasteiger charge is -2.36. The molecular weight excluding hydrogens is 340 g/mol. The van der Waals surface area contributed by atoms with Crippen LogP contribution in [0, 0.1) is 11.8 Å². The predicted octanol–water partition coefficient (Wildman–Crippen LogP) is 7.38. The summed E-state index contributed by atoms with van der Waals surface area (Å²) >= 11 is 0. The average molecular weight is 395 g/mol. The van der Waals surface area contributed by atoms with Gasteiger partial charge in [0.15, 0.2) is 0 Å². The van der Waals surface area contributed by atoms with Crippen molar-refractivity contribution in [3.05, 3.63) is 0 Å². The molecule has 2 heteroatoms. The third-order valence-electron chi connectivity index (χ3n) is 7.04. The molecule has 0 spiro atoms. The molecule has 0 saturated carbocycles. The molecule has 0 aromatic carbocycles. The first-order chi connectivity index (χ1) is 13.7. The summed E-state index contributed by atoms with van der Waals surface area (Å²) in [6.45, 7) is 17.3. The van der Waals surface area contributed by atoms with Crippen LogP contribution < -0.4 is 0 Å². The number of hydrogen-bond donors (Lipinski definition) is 0. The molecule has 0 aliphatic carbocycles. The first-order valence-corrected chi connectivity index (χ1v) is 13.2. The minimum absolute atomic E-state index is 0.949. The summed E-state index contributed by atoms with van der Waals surface area (Å²) in [7, 11) is 0. The lowest BCUT2D eigenvalue weighted by atomic mass is 9.93. The fourth-order valence-electron chi connectivity index (χ4n) is 4.88. The highest BCUT2D eigenvalue weighted by Crippen LogP contribution is 2.21. The molecule has 0 bridgehead atoms. The first kappa shape index (κ1) is 26.0. The molecule has 28 heavy (non-hydrogen) atoms. The van der Waals surface area contributed by atoms with Gasteiger partial charge < -0.3 is 9.80 Å². The molecule has 1 atom stereocenters. The summed E-state index contributed by atoms with van der Waals surface area (Å²) in [5.74, 6) is 1.94. The smallest absolute Gasteiger partial charge is 0.0110 e. The van der Waals surface area contributed by atoms with Crippen molar-refractivity contribution in [3.63, 3.8) is 0 Å². The van der Waals surface area contributed by atoms with Gasteiger partial charge in [0.1, 0.15) is 0 Å². The van der Waals surface area contributed by atoms with Crippen molar-refractivity contribution in [2.45, 2.75) is 118 Å². The van der Waals surface area contributed by atoms with Gasteiger partial charge in [-0.1, -0.05) is 98.3 Å². The molecule has 0 aromatic rings. The van der Waals surface area contributed by atoms with E-state index >= 15 is 0 Å². The van der Waals surface area contributed by atoms with Gasteiger partial charge in [-0.05, 0) is 37.6 Å². The van der Waals surface area contributed by atoms with E-state index < -0.39 is 0 Å². The highest BCUT2D eigenvalue weighted by Gasteiger charge is 2.19. The Bertz CT molecular complexity index is 314. The van der Waals surface area contributed by atoms with Crippen LogP contribution in [-0.4, -0.2) is 49.1 Å². The fourth-order valence-corrected chi connectivity index (χ4v) is 4.88. The van der Waals surface area contributed by atoms with Gasteiger partial charge in [0, 0.05) is 32.7 Å². The maximum absolute atomic E-state index is 2.77. The third kappa shape index (κ3) is 12.5. The molecule has 0 N–H and O–H groups in total. The van der Waals surface area contributed by atoms with Crippen molar-refractivity contribution in [2.75, 3.05) is 39.3 Å². The number of nitrogens with zero attached hydrogens (tertiary/aromatic N) is 2. The second-order valence-electron chi connectivity index (χ2n) is 9.56. The van der Waals surface area contributed by atoms with Crippen molar-refractivity contribution in [2.24, 2.45) is 11.8 Å². The molecule has 1 heterocycles. The molecule has 0 amide bonds. The minimum Gasteiger partial charge on any atom is -0.301 e.